The van der Waals surface area contributed by atoms with Crippen LogP contribution < -0.4 is 4.90 Å². The lowest BCUT2D eigenvalue weighted by Gasteiger charge is -2.31. The molecule has 0 aliphatic carbocycles. The van der Waals surface area contributed by atoms with Gasteiger partial charge in [-0.3, -0.25) is 9.89 Å². The second-order valence-electron chi connectivity index (χ2n) is 9.12. The molecule has 176 valence electrons. The summed E-state index contributed by atoms with van der Waals surface area (Å²) in [6, 6.07) is 6.12. The predicted molar refractivity (Wildman–Crippen MR) is 128 cm³/mol. The van der Waals surface area contributed by atoms with Gasteiger partial charge in [0, 0.05) is 50.6 Å². The van der Waals surface area contributed by atoms with E-state index < -0.39 is 0 Å². The Bertz CT molecular complexity index is 1330. The molecule has 4 aromatic rings. The number of likely N-dealkylation sites (tertiary alicyclic amines) is 1. The van der Waals surface area contributed by atoms with Crippen molar-refractivity contribution >= 4 is 33.8 Å². The molecule has 2 aliphatic rings. The van der Waals surface area contributed by atoms with E-state index in [4.69, 9.17) is 19.8 Å². The minimum atomic E-state index is 0.156. The van der Waals surface area contributed by atoms with Crippen LogP contribution >= 0.6 is 0 Å². The van der Waals surface area contributed by atoms with Gasteiger partial charge in [0.15, 0.2) is 5.65 Å². The molecule has 2 fully saturated rings. The van der Waals surface area contributed by atoms with E-state index in [1.165, 1.54) is 0 Å². The number of benzene rings is 1. The molecule has 10 heteroatoms. The van der Waals surface area contributed by atoms with Crippen molar-refractivity contribution < 1.29 is 9.53 Å². The zero-order valence-corrected chi connectivity index (χ0v) is 19.3. The molecule has 1 amide bonds. The summed E-state index contributed by atoms with van der Waals surface area (Å²) in [7, 11) is 0. The number of aromatic nitrogens is 6. The van der Waals surface area contributed by atoms with Crippen molar-refractivity contribution in [3.63, 3.8) is 0 Å². The zero-order valence-electron chi connectivity index (χ0n) is 19.3. The Kier molecular flexibility index (Phi) is 5.37. The van der Waals surface area contributed by atoms with Gasteiger partial charge in [0.2, 0.25) is 11.9 Å². The fourth-order valence-electron chi connectivity index (χ4n) is 5.04. The molecule has 0 unspecified atom stereocenters. The van der Waals surface area contributed by atoms with Crippen LogP contribution in [0.1, 0.15) is 19.8 Å². The molecule has 1 aromatic carbocycles. The number of rotatable bonds is 4. The number of amides is 1. The van der Waals surface area contributed by atoms with E-state index in [0.717, 1.165) is 78.8 Å². The zero-order chi connectivity index (χ0) is 23.1. The SMILES string of the molecule is CC(=O)N1CCC(Cn2ncc3c(-c4cccc5[nH]ncc45)nc(N4CCOCC4)nc32)CC1. The van der Waals surface area contributed by atoms with Gasteiger partial charge < -0.3 is 14.5 Å². The lowest BCUT2D eigenvalue weighted by Crippen LogP contribution is -2.38. The molecule has 0 spiro atoms. The molecule has 0 saturated carbocycles. The van der Waals surface area contributed by atoms with Crippen LogP contribution in [0.5, 0.6) is 0 Å². The van der Waals surface area contributed by atoms with E-state index in [1.807, 2.05) is 34.1 Å². The second kappa shape index (κ2) is 8.68. The Morgan fingerprint density at radius 1 is 1.09 bits per heavy atom. The molecule has 0 radical (unpaired) electrons. The Morgan fingerprint density at radius 3 is 2.71 bits per heavy atom. The molecule has 10 nitrogen and oxygen atoms in total. The number of carbonyl (C=O) groups excluding carboxylic acids is 1. The molecule has 0 bridgehead atoms. The van der Waals surface area contributed by atoms with Crippen molar-refractivity contribution in [2.75, 3.05) is 44.3 Å². The molecular formula is C24H28N8O2. The van der Waals surface area contributed by atoms with Gasteiger partial charge in [-0.15, -0.1) is 0 Å². The summed E-state index contributed by atoms with van der Waals surface area (Å²) in [5.74, 6) is 1.32. The van der Waals surface area contributed by atoms with Gasteiger partial charge in [0.25, 0.3) is 0 Å². The topological polar surface area (TPSA) is 105 Å². The fourth-order valence-corrected chi connectivity index (χ4v) is 5.04. The van der Waals surface area contributed by atoms with Crippen molar-refractivity contribution in [3.8, 4) is 11.3 Å². The van der Waals surface area contributed by atoms with Gasteiger partial charge in [-0.05, 0) is 24.8 Å². The van der Waals surface area contributed by atoms with Crippen LogP contribution in [0.15, 0.2) is 30.6 Å². The Balaban J connectivity index is 1.41. The summed E-state index contributed by atoms with van der Waals surface area (Å²) in [5, 5.41) is 14.0. The van der Waals surface area contributed by atoms with Crippen LogP contribution in [0.4, 0.5) is 5.95 Å². The fraction of sp³-hybridized carbons (Fsp3) is 0.458. The van der Waals surface area contributed by atoms with Crippen molar-refractivity contribution in [3.05, 3.63) is 30.6 Å². The van der Waals surface area contributed by atoms with Gasteiger partial charge in [0.1, 0.15) is 0 Å². The van der Waals surface area contributed by atoms with Gasteiger partial charge >= 0.3 is 0 Å². The maximum Gasteiger partial charge on any atom is 0.228 e. The monoisotopic (exact) mass is 460 g/mol. The summed E-state index contributed by atoms with van der Waals surface area (Å²) in [6.07, 6.45) is 5.69. The lowest BCUT2D eigenvalue weighted by molar-refractivity contribution is -0.130. The number of aromatic amines is 1. The first-order valence-electron chi connectivity index (χ1n) is 11.9. The molecule has 2 aliphatic heterocycles. The maximum atomic E-state index is 11.7. The Morgan fingerprint density at radius 2 is 1.91 bits per heavy atom. The molecule has 2 saturated heterocycles. The van der Waals surface area contributed by atoms with Crippen molar-refractivity contribution in [1.82, 2.24) is 34.8 Å². The molecule has 6 rings (SSSR count). The highest BCUT2D eigenvalue weighted by molar-refractivity contribution is 6.01. The number of nitrogens with one attached hydrogen (secondary N) is 1. The van der Waals surface area contributed by atoms with Gasteiger partial charge in [-0.1, -0.05) is 12.1 Å². The highest BCUT2D eigenvalue weighted by atomic mass is 16.5. The first-order chi connectivity index (χ1) is 16.7. The molecule has 3 aromatic heterocycles. The van der Waals surface area contributed by atoms with Crippen molar-refractivity contribution in [2.45, 2.75) is 26.3 Å². The number of H-pyrrole nitrogens is 1. The quantitative estimate of drug-likeness (QED) is 0.499. The van der Waals surface area contributed by atoms with Gasteiger partial charge in [0.05, 0.1) is 42.2 Å². The molecule has 1 N–H and O–H groups in total. The number of ether oxygens (including phenoxy) is 1. The number of hydrogen-bond acceptors (Lipinski definition) is 7. The third-order valence-electron chi connectivity index (χ3n) is 7.01. The number of carbonyl (C=O) groups is 1. The number of nitrogens with zero attached hydrogens (tertiary/aromatic N) is 7. The summed E-state index contributed by atoms with van der Waals surface area (Å²) < 4.78 is 7.57. The Labute approximate surface area is 196 Å². The normalized spacial score (nSPS) is 17.7. The first-order valence-corrected chi connectivity index (χ1v) is 11.9. The number of fused-ring (bicyclic) bond motifs is 2. The lowest BCUT2D eigenvalue weighted by atomic mass is 9.97. The van der Waals surface area contributed by atoms with Gasteiger partial charge in [-0.2, -0.15) is 15.2 Å². The van der Waals surface area contributed by atoms with Gasteiger partial charge in [-0.25, -0.2) is 9.67 Å². The van der Waals surface area contributed by atoms with Crippen LogP contribution in [-0.4, -0.2) is 80.1 Å². The first kappa shape index (κ1) is 21.0. The largest absolute Gasteiger partial charge is 0.378 e. The van der Waals surface area contributed by atoms with E-state index in [-0.39, 0.29) is 5.91 Å². The average Bonchev–Trinajstić information content (AvgIpc) is 3.52. The van der Waals surface area contributed by atoms with E-state index >= 15 is 0 Å². The van der Waals surface area contributed by atoms with E-state index in [1.54, 1.807) is 6.92 Å². The Hall–Kier alpha value is -3.53. The highest BCUT2D eigenvalue weighted by Crippen LogP contribution is 2.33. The van der Waals surface area contributed by atoms with Crippen LogP contribution in [0.2, 0.25) is 0 Å². The summed E-state index contributed by atoms with van der Waals surface area (Å²) in [5.41, 5.74) is 3.71. The van der Waals surface area contributed by atoms with E-state index in [2.05, 4.69) is 21.2 Å². The summed E-state index contributed by atoms with van der Waals surface area (Å²) in [6.45, 7) is 6.90. The minimum absolute atomic E-state index is 0.156. The molecular weight excluding hydrogens is 432 g/mol. The molecule has 0 atom stereocenters. The van der Waals surface area contributed by atoms with Crippen LogP contribution in [0, 0.1) is 5.92 Å². The smallest absolute Gasteiger partial charge is 0.228 e. The summed E-state index contributed by atoms with van der Waals surface area (Å²) in [4.78, 5) is 25.8. The third-order valence-corrected chi connectivity index (χ3v) is 7.01. The number of hydrogen-bond donors (Lipinski definition) is 1. The van der Waals surface area contributed by atoms with Crippen LogP contribution in [0.3, 0.4) is 0 Å². The van der Waals surface area contributed by atoms with Crippen LogP contribution in [-0.2, 0) is 16.1 Å². The molecule has 5 heterocycles. The van der Waals surface area contributed by atoms with Crippen LogP contribution in [0.25, 0.3) is 33.2 Å². The minimum Gasteiger partial charge on any atom is -0.378 e. The van der Waals surface area contributed by atoms with E-state index in [0.29, 0.717) is 25.1 Å². The predicted octanol–water partition coefficient (Wildman–Crippen LogP) is 2.46. The van der Waals surface area contributed by atoms with Crippen molar-refractivity contribution in [2.24, 2.45) is 5.92 Å². The number of anilines is 1. The standard InChI is InChI=1S/C24H28N8O2/c1-16(33)30-7-5-17(6-8-30)15-32-23-20(14-26-32)22(18-3-2-4-21-19(18)13-25-29-21)27-24(28-23)31-9-11-34-12-10-31/h2-4,13-14,17H,5-12,15H2,1H3,(H,25,29). The number of piperidine rings is 1. The third kappa shape index (κ3) is 3.77. The maximum absolute atomic E-state index is 11.7. The molecule has 34 heavy (non-hydrogen) atoms. The van der Waals surface area contributed by atoms with Crippen molar-refractivity contribution in [1.29, 1.82) is 0 Å². The van der Waals surface area contributed by atoms with E-state index in [9.17, 15) is 4.79 Å². The highest BCUT2D eigenvalue weighted by Gasteiger charge is 2.24. The summed E-state index contributed by atoms with van der Waals surface area (Å²) >= 11 is 0. The number of morpholine rings is 1. The second-order valence-corrected chi connectivity index (χ2v) is 9.12. The average molecular weight is 461 g/mol.